The molecular weight excluding hydrogens is 236 g/mol. The second kappa shape index (κ2) is 5.39. The van der Waals surface area contributed by atoms with E-state index in [-0.39, 0.29) is 12.1 Å². The topological polar surface area (TPSA) is 59.0 Å². The minimum atomic E-state index is 0.101. The molecule has 2 atom stereocenters. The maximum Gasteiger partial charge on any atom is 0.138 e. The number of ether oxygens (including phenoxy) is 1. The molecule has 0 saturated heterocycles. The van der Waals surface area contributed by atoms with Gasteiger partial charge in [0.1, 0.15) is 17.9 Å². The third-order valence-electron chi connectivity index (χ3n) is 3.02. The van der Waals surface area contributed by atoms with Crippen molar-refractivity contribution in [2.24, 2.45) is 5.73 Å². The van der Waals surface area contributed by atoms with Crippen molar-refractivity contribution in [3.05, 3.63) is 28.8 Å². The lowest BCUT2D eigenvalue weighted by atomic mass is 9.93. The molecule has 2 rings (SSSR count). The normalized spacial score (nSPS) is 24.1. The second-order valence-corrected chi connectivity index (χ2v) is 4.86. The first kappa shape index (κ1) is 12.2. The summed E-state index contributed by atoms with van der Waals surface area (Å²) in [4.78, 5) is 0. The van der Waals surface area contributed by atoms with E-state index in [1.54, 1.807) is 18.2 Å². The molecule has 0 heterocycles. The van der Waals surface area contributed by atoms with Gasteiger partial charge >= 0.3 is 0 Å². The molecular formula is C13H15ClN2O. The molecule has 1 fully saturated rings. The van der Waals surface area contributed by atoms with E-state index < -0.39 is 0 Å². The molecule has 0 amide bonds. The standard InChI is InChI=1S/C13H15ClN2O/c14-10-5-4-9(8-15)13(6-10)17-12-3-1-2-11(16)7-12/h4-6,11-12H,1-3,7,16H2. The van der Waals surface area contributed by atoms with E-state index in [0.29, 0.717) is 16.3 Å². The fraction of sp³-hybridized carbons (Fsp3) is 0.462. The Morgan fingerprint density at radius 3 is 2.94 bits per heavy atom. The Kier molecular flexibility index (Phi) is 3.88. The maximum atomic E-state index is 8.99. The molecule has 2 unspecified atom stereocenters. The lowest BCUT2D eigenvalue weighted by Gasteiger charge is -2.27. The van der Waals surface area contributed by atoms with Gasteiger partial charge in [0.2, 0.25) is 0 Å². The third-order valence-corrected chi connectivity index (χ3v) is 3.26. The van der Waals surface area contributed by atoms with Gasteiger partial charge < -0.3 is 10.5 Å². The van der Waals surface area contributed by atoms with Crippen molar-refractivity contribution < 1.29 is 4.74 Å². The lowest BCUT2D eigenvalue weighted by molar-refractivity contribution is 0.144. The van der Waals surface area contributed by atoms with E-state index >= 15 is 0 Å². The van der Waals surface area contributed by atoms with Crippen LogP contribution in [0.3, 0.4) is 0 Å². The van der Waals surface area contributed by atoms with Gasteiger partial charge in [0.05, 0.1) is 5.56 Å². The molecule has 0 bridgehead atoms. The lowest BCUT2D eigenvalue weighted by Crippen LogP contribution is -2.33. The number of halogens is 1. The Bertz CT molecular complexity index is 442. The summed E-state index contributed by atoms with van der Waals surface area (Å²) in [6.45, 7) is 0. The minimum Gasteiger partial charge on any atom is -0.489 e. The third kappa shape index (κ3) is 3.12. The highest BCUT2D eigenvalue weighted by Gasteiger charge is 2.21. The van der Waals surface area contributed by atoms with Gasteiger partial charge in [-0.15, -0.1) is 0 Å². The summed E-state index contributed by atoms with van der Waals surface area (Å²) in [5, 5.41) is 9.58. The Balaban J connectivity index is 2.12. The number of rotatable bonds is 2. The molecule has 3 nitrogen and oxygen atoms in total. The smallest absolute Gasteiger partial charge is 0.138 e. The van der Waals surface area contributed by atoms with Crippen LogP contribution in [0.25, 0.3) is 0 Å². The average molecular weight is 251 g/mol. The van der Waals surface area contributed by atoms with Crippen LogP contribution in [0.15, 0.2) is 18.2 Å². The Hall–Kier alpha value is -1.24. The van der Waals surface area contributed by atoms with Gasteiger partial charge in [-0.1, -0.05) is 11.6 Å². The highest BCUT2D eigenvalue weighted by Crippen LogP contribution is 2.27. The van der Waals surface area contributed by atoms with E-state index in [1.165, 1.54) is 0 Å². The Morgan fingerprint density at radius 2 is 2.24 bits per heavy atom. The molecule has 4 heteroatoms. The zero-order valence-corrected chi connectivity index (χ0v) is 10.3. The molecule has 1 aliphatic carbocycles. The van der Waals surface area contributed by atoms with Crippen LogP contribution in [0.4, 0.5) is 0 Å². The van der Waals surface area contributed by atoms with Crippen molar-refractivity contribution >= 4 is 11.6 Å². The summed E-state index contributed by atoms with van der Waals surface area (Å²) >= 11 is 5.91. The fourth-order valence-electron chi connectivity index (χ4n) is 2.15. The summed E-state index contributed by atoms with van der Waals surface area (Å²) in [5.41, 5.74) is 6.43. The molecule has 0 spiro atoms. The van der Waals surface area contributed by atoms with Crippen LogP contribution in [-0.4, -0.2) is 12.1 Å². The van der Waals surface area contributed by atoms with Crippen LogP contribution >= 0.6 is 11.6 Å². The zero-order valence-electron chi connectivity index (χ0n) is 9.53. The van der Waals surface area contributed by atoms with Crippen LogP contribution in [0.1, 0.15) is 31.2 Å². The molecule has 1 aromatic rings. The predicted molar refractivity (Wildman–Crippen MR) is 67.0 cm³/mol. The fourth-order valence-corrected chi connectivity index (χ4v) is 2.32. The molecule has 1 aliphatic rings. The van der Waals surface area contributed by atoms with Crippen LogP contribution < -0.4 is 10.5 Å². The van der Waals surface area contributed by atoms with Crippen molar-refractivity contribution in [3.8, 4) is 11.8 Å². The van der Waals surface area contributed by atoms with E-state index in [1.807, 2.05) is 0 Å². The molecule has 0 radical (unpaired) electrons. The van der Waals surface area contributed by atoms with E-state index in [2.05, 4.69) is 6.07 Å². The first-order valence-corrected chi connectivity index (χ1v) is 6.18. The van der Waals surface area contributed by atoms with Crippen LogP contribution in [0.5, 0.6) is 5.75 Å². The molecule has 1 aromatic carbocycles. The first-order valence-electron chi connectivity index (χ1n) is 5.81. The van der Waals surface area contributed by atoms with Crippen molar-refractivity contribution in [1.82, 2.24) is 0 Å². The van der Waals surface area contributed by atoms with Gasteiger partial charge in [-0.05, 0) is 37.8 Å². The number of hydrogen-bond acceptors (Lipinski definition) is 3. The quantitative estimate of drug-likeness (QED) is 0.878. The van der Waals surface area contributed by atoms with Gasteiger partial charge in [0, 0.05) is 17.1 Å². The number of benzene rings is 1. The highest BCUT2D eigenvalue weighted by atomic mass is 35.5. The van der Waals surface area contributed by atoms with Crippen LogP contribution in [0, 0.1) is 11.3 Å². The maximum absolute atomic E-state index is 8.99. The van der Waals surface area contributed by atoms with Gasteiger partial charge in [0.15, 0.2) is 0 Å². The minimum absolute atomic E-state index is 0.101. The van der Waals surface area contributed by atoms with Gasteiger partial charge in [-0.25, -0.2) is 0 Å². The van der Waals surface area contributed by atoms with E-state index in [4.69, 9.17) is 27.3 Å². The summed E-state index contributed by atoms with van der Waals surface area (Å²) < 4.78 is 5.84. The molecule has 0 aromatic heterocycles. The summed E-state index contributed by atoms with van der Waals surface area (Å²) in [5.74, 6) is 0.569. The molecule has 0 aliphatic heterocycles. The van der Waals surface area contributed by atoms with Crippen molar-refractivity contribution in [3.63, 3.8) is 0 Å². The largest absolute Gasteiger partial charge is 0.489 e. The first-order chi connectivity index (χ1) is 8.19. The number of nitriles is 1. The molecule has 17 heavy (non-hydrogen) atoms. The van der Waals surface area contributed by atoms with E-state index in [9.17, 15) is 0 Å². The SMILES string of the molecule is N#Cc1ccc(Cl)cc1OC1CCCC(N)C1. The Morgan fingerprint density at radius 1 is 1.41 bits per heavy atom. The highest BCUT2D eigenvalue weighted by molar-refractivity contribution is 6.30. The predicted octanol–water partition coefficient (Wildman–Crippen LogP) is 2.86. The summed E-state index contributed by atoms with van der Waals surface area (Å²) in [6.07, 6.45) is 4.07. The van der Waals surface area contributed by atoms with Gasteiger partial charge in [-0.2, -0.15) is 5.26 Å². The molecule has 90 valence electrons. The van der Waals surface area contributed by atoms with Crippen molar-refractivity contribution in [2.45, 2.75) is 37.8 Å². The van der Waals surface area contributed by atoms with Crippen molar-refractivity contribution in [1.29, 1.82) is 5.26 Å². The summed E-state index contributed by atoms with van der Waals surface area (Å²) in [7, 11) is 0. The molecule has 2 N–H and O–H groups in total. The number of hydrogen-bond donors (Lipinski definition) is 1. The van der Waals surface area contributed by atoms with Gasteiger partial charge in [-0.3, -0.25) is 0 Å². The number of nitrogens with zero attached hydrogens (tertiary/aromatic N) is 1. The van der Waals surface area contributed by atoms with Crippen molar-refractivity contribution in [2.75, 3.05) is 0 Å². The monoisotopic (exact) mass is 250 g/mol. The zero-order chi connectivity index (χ0) is 12.3. The average Bonchev–Trinajstić information content (AvgIpc) is 2.29. The second-order valence-electron chi connectivity index (χ2n) is 4.42. The van der Waals surface area contributed by atoms with Crippen LogP contribution in [0.2, 0.25) is 5.02 Å². The summed E-state index contributed by atoms with van der Waals surface area (Å²) in [6, 6.07) is 7.39. The van der Waals surface area contributed by atoms with Gasteiger partial charge in [0.25, 0.3) is 0 Å². The van der Waals surface area contributed by atoms with E-state index in [0.717, 1.165) is 25.7 Å². The molecule has 1 saturated carbocycles. The van der Waals surface area contributed by atoms with Crippen LogP contribution in [-0.2, 0) is 0 Å². The number of nitrogens with two attached hydrogens (primary N) is 1. The Labute approximate surface area is 106 Å².